The highest BCUT2D eigenvalue weighted by Gasteiger charge is 2.39. The van der Waals surface area contributed by atoms with Gasteiger partial charge in [-0.2, -0.15) is 0 Å². The second-order valence-electron chi connectivity index (χ2n) is 20.4. The maximum atomic E-state index is 13.2. The Labute approximate surface area is 449 Å². The minimum absolute atomic E-state index is 0.540. The molecule has 1 amide bonds. The lowest BCUT2D eigenvalue weighted by atomic mass is 9.75. The zero-order valence-electron chi connectivity index (χ0n) is 43.2. The lowest BCUT2D eigenvalue weighted by molar-refractivity contribution is 0.0636. The topological polar surface area (TPSA) is 105 Å². The fourth-order valence-corrected chi connectivity index (χ4v) is 11.0. The van der Waals surface area contributed by atoms with Crippen LogP contribution < -0.4 is 11.1 Å². The summed E-state index contributed by atoms with van der Waals surface area (Å²) in [4.78, 5) is 13.2. The van der Waals surface area contributed by atoms with Crippen molar-refractivity contribution in [3.8, 4) is 22.3 Å². The van der Waals surface area contributed by atoms with E-state index in [2.05, 4.69) is 78.1 Å². The molecule has 12 aromatic rings. The van der Waals surface area contributed by atoms with E-state index in [4.69, 9.17) is 10.5 Å². The summed E-state index contributed by atoms with van der Waals surface area (Å²) in [5.41, 5.74) is 12.6. The van der Waals surface area contributed by atoms with Crippen LogP contribution in [0.1, 0.15) is 54.2 Å². The van der Waals surface area contributed by atoms with Gasteiger partial charge in [-0.15, -0.1) is 0 Å². The number of hydrogen-bond acceptors (Lipinski definition) is 5. The molecule has 0 heterocycles. The number of ether oxygens (including phenoxy) is 1. The Balaban J connectivity index is 0.000000166. The first-order valence-electron chi connectivity index (χ1n) is 25.9. The number of amides is 1. The van der Waals surface area contributed by atoms with E-state index in [0.29, 0.717) is 16.9 Å². The monoisotopic (exact) mass is 1000 g/mol. The largest absolute Gasteiger partial charge is 0.444 e. The van der Waals surface area contributed by atoms with Gasteiger partial charge in [-0.3, -0.25) is 5.32 Å². The normalized spacial score (nSPS) is 11.8. The van der Waals surface area contributed by atoms with Crippen LogP contribution in [0.4, 0.5) is 16.2 Å². The molecular formula is C71H58N2O4. The molecule has 6 heteroatoms. The summed E-state index contributed by atoms with van der Waals surface area (Å²) >= 11 is 0. The maximum absolute atomic E-state index is 13.2. The van der Waals surface area contributed by atoms with Gasteiger partial charge in [0, 0.05) is 27.9 Å². The lowest BCUT2D eigenvalue weighted by Gasteiger charge is -2.33. The molecule has 0 atom stereocenters. The fourth-order valence-electron chi connectivity index (χ4n) is 11.0. The van der Waals surface area contributed by atoms with Crippen LogP contribution in [-0.4, -0.2) is 21.9 Å². The Morgan fingerprint density at radius 2 is 0.662 bits per heavy atom. The minimum atomic E-state index is -1.50. The van der Waals surface area contributed by atoms with E-state index in [9.17, 15) is 15.0 Å². The average Bonchev–Trinajstić information content (AvgIpc) is 3.58. The summed E-state index contributed by atoms with van der Waals surface area (Å²) < 4.78 is 5.67. The standard InChI is InChI=1S/C38H33NO3.C33H25NO/c1-37(2,3)42-36(40)39-33-25-23-27-15-11-13-21-31(27)35(33)34-30-20-12-10-14-26(30)22-24-32(34)38(41,28-16-6-4-7-17-28)29-18-8-5-9-19-29;34-30-22-20-24-12-8-10-18-28(24)32(30)31-27-17-9-7-11-23(27)19-21-29(31)33(35,25-13-3-1-4-14-25)26-15-5-2-6-16-26/h4-25,41H,1-3H3,(H,39,40);1-22,35H,34H2. The number of fused-ring (bicyclic) bond motifs is 4. The van der Waals surface area contributed by atoms with E-state index in [1.807, 2.05) is 215 Å². The van der Waals surface area contributed by atoms with Crippen molar-refractivity contribution in [3.63, 3.8) is 0 Å². The zero-order valence-corrected chi connectivity index (χ0v) is 43.2. The fraction of sp³-hybridized carbons (Fsp3) is 0.0845. The second kappa shape index (κ2) is 20.8. The van der Waals surface area contributed by atoms with Crippen molar-refractivity contribution in [2.75, 3.05) is 11.1 Å². The molecule has 0 aromatic heterocycles. The minimum Gasteiger partial charge on any atom is -0.444 e. The van der Waals surface area contributed by atoms with Crippen molar-refractivity contribution in [2.24, 2.45) is 0 Å². The highest BCUT2D eigenvalue weighted by Crippen LogP contribution is 2.50. The van der Waals surface area contributed by atoms with Gasteiger partial charge in [0.15, 0.2) is 0 Å². The first kappa shape index (κ1) is 49.9. The number of carbonyl (C=O) groups excluding carboxylic acids is 1. The molecule has 0 radical (unpaired) electrons. The maximum Gasteiger partial charge on any atom is 0.412 e. The molecule has 376 valence electrons. The van der Waals surface area contributed by atoms with Crippen molar-refractivity contribution >= 4 is 60.6 Å². The van der Waals surface area contributed by atoms with Gasteiger partial charge in [0.05, 0.1) is 5.69 Å². The van der Waals surface area contributed by atoms with E-state index in [0.717, 1.165) is 93.2 Å². The van der Waals surface area contributed by atoms with Gasteiger partial charge < -0.3 is 20.7 Å². The summed E-state index contributed by atoms with van der Waals surface area (Å²) in [7, 11) is 0. The van der Waals surface area contributed by atoms with Gasteiger partial charge in [-0.25, -0.2) is 4.79 Å². The Kier molecular flexibility index (Phi) is 13.4. The number of aliphatic hydroxyl groups is 2. The molecule has 0 aliphatic carbocycles. The van der Waals surface area contributed by atoms with Crippen LogP contribution in [0.5, 0.6) is 0 Å². The van der Waals surface area contributed by atoms with E-state index in [1.54, 1.807) is 0 Å². The van der Waals surface area contributed by atoms with Crippen LogP contribution in [-0.2, 0) is 15.9 Å². The SMILES string of the molecule is CC(C)(C)OC(=O)Nc1ccc2ccccc2c1-c1c(C(O)(c2ccccc2)c2ccccc2)ccc2ccccc12.Nc1ccc2ccccc2c1-c1c(C(O)(c2ccccc2)c2ccccc2)ccc2ccccc12. The molecule has 77 heavy (non-hydrogen) atoms. The average molecular weight is 1000 g/mol. The molecule has 0 unspecified atom stereocenters. The second-order valence-corrected chi connectivity index (χ2v) is 20.4. The summed E-state index contributed by atoms with van der Waals surface area (Å²) in [5, 5.41) is 37.1. The molecule has 0 fully saturated rings. The van der Waals surface area contributed by atoms with Gasteiger partial charge in [0.2, 0.25) is 0 Å². The number of nitrogens with one attached hydrogen (secondary N) is 1. The van der Waals surface area contributed by atoms with Crippen LogP contribution in [0.2, 0.25) is 0 Å². The summed E-state index contributed by atoms with van der Waals surface area (Å²) in [6.45, 7) is 5.53. The van der Waals surface area contributed by atoms with Crippen LogP contribution in [0.15, 0.2) is 267 Å². The number of rotatable bonds is 9. The van der Waals surface area contributed by atoms with Crippen molar-refractivity contribution in [3.05, 3.63) is 300 Å². The summed E-state index contributed by atoms with van der Waals surface area (Å²) in [6, 6.07) is 88.2. The van der Waals surface area contributed by atoms with Crippen LogP contribution in [0, 0.1) is 0 Å². The van der Waals surface area contributed by atoms with Gasteiger partial charge in [-0.05, 0) is 109 Å². The van der Waals surface area contributed by atoms with E-state index in [1.165, 1.54) is 0 Å². The molecule has 0 saturated carbocycles. The number of hydrogen-bond donors (Lipinski definition) is 4. The number of nitrogen functional groups attached to an aromatic ring is 1. The highest BCUT2D eigenvalue weighted by molar-refractivity contribution is 6.14. The van der Waals surface area contributed by atoms with Crippen molar-refractivity contribution in [1.29, 1.82) is 0 Å². The number of carbonyl (C=O) groups is 1. The smallest absolute Gasteiger partial charge is 0.412 e. The summed E-state index contributed by atoms with van der Waals surface area (Å²) in [5.74, 6) is 0. The molecular weight excluding hydrogens is 945 g/mol. The Bertz CT molecular complexity index is 4000. The van der Waals surface area contributed by atoms with Gasteiger partial charge in [0.25, 0.3) is 0 Å². The quantitative estimate of drug-likeness (QED) is 0.0852. The number of benzene rings is 12. The molecule has 12 rings (SSSR count). The van der Waals surface area contributed by atoms with Crippen LogP contribution in [0.25, 0.3) is 65.3 Å². The third kappa shape index (κ3) is 9.46. The summed E-state index contributed by atoms with van der Waals surface area (Å²) in [6.07, 6.45) is -0.540. The Morgan fingerprint density at radius 3 is 1.04 bits per heavy atom. The lowest BCUT2D eigenvalue weighted by Crippen LogP contribution is -2.30. The van der Waals surface area contributed by atoms with E-state index in [-0.39, 0.29) is 0 Å². The molecule has 6 nitrogen and oxygen atoms in total. The number of nitrogens with two attached hydrogens (primary N) is 1. The van der Waals surface area contributed by atoms with Crippen molar-refractivity contribution in [1.82, 2.24) is 0 Å². The predicted molar refractivity (Wildman–Crippen MR) is 318 cm³/mol. The molecule has 0 saturated heterocycles. The van der Waals surface area contributed by atoms with Crippen molar-refractivity contribution < 1.29 is 19.7 Å². The van der Waals surface area contributed by atoms with Gasteiger partial charge in [-0.1, -0.05) is 255 Å². The van der Waals surface area contributed by atoms with Crippen LogP contribution >= 0.6 is 0 Å². The molecule has 5 N–H and O–H groups in total. The highest BCUT2D eigenvalue weighted by atomic mass is 16.6. The first-order valence-corrected chi connectivity index (χ1v) is 25.9. The molecule has 12 aromatic carbocycles. The van der Waals surface area contributed by atoms with Crippen molar-refractivity contribution in [2.45, 2.75) is 37.6 Å². The zero-order chi connectivity index (χ0) is 53.2. The molecule has 0 spiro atoms. The predicted octanol–water partition coefficient (Wildman–Crippen LogP) is 16.8. The molecule has 0 aliphatic rings. The van der Waals surface area contributed by atoms with E-state index >= 15 is 0 Å². The van der Waals surface area contributed by atoms with Gasteiger partial charge in [0.1, 0.15) is 16.8 Å². The van der Waals surface area contributed by atoms with Gasteiger partial charge >= 0.3 is 6.09 Å². The number of anilines is 2. The first-order chi connectivity index (χ1) is 37.4. The Hall–Kier alpha value is -9.33. The molecule has 0 aliphatic heterocycles. The van der Waals surface area contributed by atoms with Crippen LogP contribution in [0.3, 0.4) is 0 Å². The third-order valence-corrected chi connectivity index (χ3v) is 14.4. The van der Waals surface area contributed by atoms with E-state index < -0.39 is 22.9 Å². The third-order valence-electron chi connectivity index (χ3n) is 14.4. The molecule has 0 bridgehead atoms. The Morgan fingerprint density at radius 1 is 0.364 bits per heavy atom.